The highest BCUT2D eigenvalue weighted by Gasteiger charge is 2.14. The second kappa shape index (κ2) is 26.0. The molecule has 2 aromatic rings. The van der Waals surface area contributed by atoms with Crippen molar-refractivity contribution < 1.29 is 5.32 Å². The second-order valence-corrected chi connectivity index (χ2v) is 10.2. The molecule has 0 bridgehead atoms. The third-order valence-corrected chi connectivity index (χ3v) is 5.86. The van der Waals surface area contributed by atoms with Crippen molar-refractivity contribution >= 4 is 29.0 Å². The zero-order valence-electron chi connectivity index (χ0n) is 31.1. The average molecular weight is 624 g/mol. The zero-order valence-corrected chi connectivity index (χ0v) is 31.1. The lowest BCUT2D eigenvalue weighted by Crippen LogP contribution is -2.75. The Balaban J connectivity index is 0. The molecular weight excluding hydrogens is 560 g/mol. The predicted octanol–water partition coefficient (Wildman–Crippen LogP) is 11.5. The molecule has 0 saturated carbocycles. The van der Waals surface area contributed by atoms with Crippen LogP contribution in [-0.2, 0) is 6.42 Å². The summed E-state index contributed by atoms with van der Waals surface area (Å²) in [6.45, 7) is 35.4. The van der Waals surface area contributed by atoms with Gasteiger partial charge in [-0.1, -0.05) is 95.7 Å². The number of hydrogen-bond donors (Lipinski definition) is 2. The Kier molecular flexibility index (Phi) is 24.8. The standard InChI is InChI=1S/C32H36N4.C4H8.3C2H6/c1-7-10-25-15-22(4)16-26(19-25)21-34-30-20-32(35-27(11-8-2)12-9-3)31(18-24(30)6)36-28-13-14-29(33)23(5)17-28;1-4(2)3;3*1-2/h7-9,11-12,14-21,35H,1-2,10,13,33H2,3-6H3;1H2,2-3H3;3*1-2H3/p+1/b12-9-,27-11+,34-21?,36-28?;;;;. The van der Waals surface area contributed by atoms with E-state index in [1.54, 1.807) is 6.08 Å². The van der Waals surface area contributed by atoms with E-state index in [1.165, 1.54) is 16.7 Å². The van der Waals surface area contributed by atoms with Gasteiger partial charge in [0.05, 0.1) is 5.69 Å². The first-order valence-corrected chi connectivity index (χ1v) is 16.6. The van der Waals surface area contributed by atoms with Crippen molar-refractivity contribution in [3.8, 4) is 0 Å². The highest BCUT2D eigenvalue weighted by Crippen LogP contribution is 2.32. The quantitative estimate of drug-likeness (QED) is 0.124. The largest absolute Gasteiger partial charge is 0.399 e. The van der Waals surface area contributed by atoms with Crippen LogP contribution in [0.1, 0.15) is 97.9 Å². The fourth-order valence-corrected chi connectivity index (χ4v) is 4.11. The lowest BCUT2D eigenvalue weighted by molar-refractivity contribution is -0.511. The number of benzene rings is 2. The van der Waals surface area contributed by atoms with Crippen LogP contribution in [0.25, 0.3) is 0 Å². The van der Waals surface area contributed by atoms with E-state index in [1.807, 2.05) is 99.8 Å². The van der Waals surface area contributed by atoms with E-state index in [2.05, 4.69) is 81.4 Å². The monoisotopic (exact) mass is 624 g/mol. The van der Waals surface area contributed by atoms with Gasteiger partial charge in [-0.25, -0.2) is 4.99 Å². The molecule has 46 heavy (non-hydrogen) atoms. The minimum atomic E-state index is 0.714. The molecule has 4 nitrogen and oxygen atoms in total. The highest BCUT2D eigenvalue weighted by atomic mass is 14.9. The molecule has 4 N–H and O–H groups in total. The van der Waals surface area contributed by atoms with Gasteiger partial charge in [0.2, 0.25) is 0 Å². The van der Waals surface area contributed by atoms with Gasteiger partial charge in [0, 0.05) is 30.1 Å². The Morgan fingerprint density at radius 3 is 2.11 bits per heavy atom. The normalized spacial score (nSPS) is 13.0. The molecule has 0 heterocycles. The van der Waals surface area contributed by atoms with Crippen molar-refractivity contribution in [2.45, 2.75) is 95.9 Å². The van der Waals surface area contributed by atoms with Crippen LogP contribution in [-0.4, -0.2) is 11.9 Å². The Morgan fingerprint density at radius 1 is 0.935 bits per heavy atom. The number of allylic oxidation sites excluding steroid dienone is 9. The number of hydrogen-bond acceptors (Lipinski definition) is 3. The lowest BCUT2D eigenvalue weighted by atomic mass is 10.0. The van der Waals surface area contributed by atoms with Crippen LogP contribution in [0, 0.1) is 13.8 Å². The number of rotatable bonds is 9. The topological polar surface area (TPSA) is 67.3 Å². The molecule has 0 fully saturated rings. The second-order valence-electron chi connectivity index (χ2n) is 10.2. The van der Waals surface area contributed by atoms with Crippen LogP contribution in [0.2, 0.25) is 0 Å². The summed E-state index contributed by atoms with van der Waals surface area (Å²) in [7, 11) is 0. The summed E-state index contributed by atoms with van der Waals surface area (Å²) in [6, 6.07) is 10.7. The summed E-state index contributed by atoms with van der Waals surface area (Å²) >= 11 is 0. The summed E-state index contributed by atoms with van der Waals surface area (Å²) in [5, 5.41) is 2.12. The predicted molar refractivity (Wildman–Crippen MR) is 210 cm³/mol. The van der Waals surface area contributed by atoms with Crippen LogP contribution < -0.4 is 11.1 Å². The molecule has 1 aliphatic carbocycles. The van der Waals surface area contributed by atoms with Gasteiger partial charge >= 0.3 is 0 Å². The third kappa shape index (κ3) is 17.3. The van der Waals surface area contributed by atoms with Crippen LogP contribution in [0.5, 0.6) is 0 Å². The molecule has 0 aromatic heterocycles. The molecule has 0 amide bonds. The molecule has 2 aromatic carbocycles. The Morgan fingerprint density at radius 2 is 1.57 bits per heavy atom. The van der Waals surface area contributed by atoms with Crippen molar-refractivity contribution in [2.24, 2.45) is 15.7 Å². The molecule has 250 valence electrons. The summed E-state index contributed by atoms with van der Waals surface area (Å²) in [4.78, 5) is 9.88. The molecule has 1 aliphatic rings. The minimum Gasteiger partial charge on any atom is -0.399 e. The molecule has 4 heteroatoms. The first-order chi connectivity index (χ1) is 22.1. The Hall–Kier alpha value is -4.28. The number of aliphatic imine (C=N–C) groups is 2. The van der Waals surface area contributed by atoms with Gasteiger partial charge in [-0.05, 0) is 101 Å². The molecule has 0 saturated heterocycles. The van der Waals surface area contributed by atoms with Crippen molar-refractivity contribution in [3.63, 3.8) is 0 Å². The first kappa shape index (κ1) is 43.8. The van der Waals surface area contributed by atoms with E-state index in [9.17, 15) is 0 Å². The van der Waals surface area contributed by atoms with Gasteiger partial charge in [-0.15, -0.1) is 13.2 Å². The van der Waals surface area contributed by atoms with Gasteiger partial charge in [0.1, 0.15) is 11.4 Å². The fraction of sp³-hybridized carbons (Fsp3) is 0.333. The molecule has 0 aliphatic heterocycles. The Labute approximate surface area is 282 Å². The van der Waals surface area contributed by atoms with Gasteiger partial charge in [0.25, 0.3) is 0 Å². The molecule has 0 radical (unpaired) electrons. The molecule has 0 atom stereocenters. The lowest BCUT2D eigenvalue weighted by Gasteiger charge is -2.12. The van der Waals surface area contributed by atoms with E-state index in [0.29, 0.717) is 6.42 Å². The average Bonchev–Trinajstić information content (AvgIpc) is 3.02. The van der Waals surface area contributed by atoms with Gasteiger partial charge in [-0.3, -0.25) is 10.3 Å². The smallest absolute Gasteiger partial charge is 0.162 e. The molecule has 0 unspecified atom stereocenters. The van der Waals surface area contributed by atoms with E-state index in [0.717, 1.165) is 57.3 Å². The molecule has 3 rings (SSSR count). The van der Waals surface area contributed by atoms with Crippen LogP contribution in [0.3, 0.4) is 0 Å². The summed E-state index contributed by atoms with van der Waals surface area (Å²) in [5.74, 6) is 0. The van der Waals surface area contributed by atoms with Crippen molar-refractivity contribution in [1.29, 1.82) is 0 Å². The molecule has 0 spiro atoms. The van der Waals surface area contributed by atoms with Crippen molar-refractivity contribution in [3.05, 3.63) is 137 Å². The molecular formula is C42H63N4+. The van der Waals surface area contributed by atoms with Crippen LogP contribution >= 0.6 is 0 Å². The van der Waals surface area contributed by atoms with E-state index >= 15 is 0 Å². The first-order valence-electron chi connectivity index (χ1n) is 16.6. The van der Waals surface area contributed by atoms with Crippen LogP contribution in [0.4, 0.5) is 17.1 Å². The van der Waals surface area contributed by atoms with E-state index in [-0.39, 0.29) is 0 Å². The van der Waals surface area contributed by atoms with Gasteiger partial charge < -0.3 is 5.73 Å². The maximum atomic E-state index is 6.04. The maximum absolute atomic E-state index is 6.04. The Bertz CT molecular complexity index is 1420. The van der Waals surface area contributed by atoms with Gasteiger partial charge in [-0.2, -0.15) is 0 Å². The maximum Gasteiger partial charge on any atom is 0.162 e. The van der Waals surface area contributed by atoms with Gasteiger partial charge in [0.15, 0.2) is 5.69 Å². The summed E-state index contributed by atoms with van der Waals surface area (Å²) in [6.07, 6.45) is 17.4. The van der Waals surface area contributed by atoms with Crippen molar-refractivity contribution in [2.75, 3.05) is 0 Å². The number of nitrogens with zero attached hydrogens (tertiary/aromatic N) is 2. The van der Waals surface area contributed by atoms with E-state index in [4.69, 9.17) is 15.7 Å². The highest BCUT2D eigenvalue weighted by molar-refractivity contribution is 6.00. The number of aryl methyl sites for hydroxylation is 2. The number of nitrogens with two attached hydrogens (primary N) is 2. The SMILES string of the molecule is C=C(C)C.C=C/C=C(\C=C/C)[NH2+]c1cc(N=Cc2cc(C)cc(CC=C)c2)c(C)cc1N=C1C=C(C)C(N)=CC1.CC.CC.CC. The van der Waals surface area contributed by atoms with Crippen LogP contribution in [0.15, 0.2) is 125 Å². The minimum absolute atomic E-state index is 0.714. The summed E-state index contributed by atoms with van der Waals surface area (Å²) in [5.41, 5.74) is 18.5. The third-order valence-electron chi connectivity index (χ3n) is 5.86. The zero-order chi connectivity index (χ0) is 35.7. The number of quaternary nitrogens is 1. The fourth-order valence-electron chi connectivity index (χ4n) is 4.11. The van der Waals surface area contributed by atoms with E-state index < -0.39 is 0 Å². The van der Waals surface area contributed by atoms with Crippen molar-refractivity contribution in [1.82, 2.24) is 0 Å². The summed E-state index contributed by atoms with van der Waals surface area (Å²) < 4.78 is 0.